The van der Waals surface area contributed by atoms with Gasteiger partial charge in [-0.25, -0.2) is 0 Å². The van der Waals surface area contributed by atoms with Crippen LogP contribution in [0, 0.1) is 0 Å². The highest BCUT2D eigenvalue weighted by Gasteiger charge is 2.27. The Balaban J connectivity index is 1.65. The monoisotopic (exact) mass is 356 g/mol. The number of likely N-dealkylation sites (tertiary alicyclic amines) is 1. The van der Waals surface area contributed by atoms with E-state index >= 15 is 0 Å². The first-order valence-electron chi connectivity index (χ1n) is 8.51. The number of benzene rings is 2. The Morgan fingerprint density at radius 1 is 1.28 bits per heavy atom. The predicted molar refractivity (Wildman–Crippen MR) is 103 cm³/mol. The Labute approximate surface area is 153 Å². The highest BCUT2D eigenvalue weighted by atomic mass is 32.2. The molecule has 2 aromatic carbocycles. The van der Waals surface area contributed by atoms with Crippen molar-refractivity contribution < 1.29 is 9.53 Å². The van der Waals surface area contributed by atoms with E-state index < -0.39 is 0 Å². The van der Waals surface area contributed by atoms with Gasteiger partial charge in [0.1, 0.15) is 5.75 Å². The molecule has 1 heterocycles. The summed E-state index contributed by atoms with van der Waals surface area (Å²) in [5, 5.41) is 3.02. The lowest BCUT2D eigenvalue weighted by Gasteiger charge is -2.24. The number of ether oxygens (including phenoxy) is 1. The van der Waals surface area contributed by atoms with E-state index in [-0.39, 0.29) is 11.9 Å². The summed E-state index contributed by atoms with van der Waals surface area (Å²) in [7, 11) is 1.68. The number of carbonyl (C=O) groups is 1. The quantitative estimate of drug-likeness (QED) is 0.788. The number of nitrogens with zero attached hydrogens (tertiary/aromatic N) is 1. The van der Waals surface area contributed by atoms with Crippen molar-refractivity contribution in [3.8, 4) is 5.75 Å². The average molecular weight is 356 g/mol. The molecule has 1 amide bonds. The van der Waals surface area contributed by atoms with Crippen molar-refractivity contribution in [3.63, 3.8) is 0 Å². The van der Waals surface area contributed by atoms with Gasteiger partial charge in [0.25, 0.3) is 0 Å². The number of hydrogen-bond donors (Lipinski definition) is 1. The van der Waals surface area contributed by atoms with E-state index in [9.17, 15) is 4.79 Å². The van der Waals surface area contributed by atoms with Crippen LogP contribution in [0.1, 0.15) is 24.4 Å². The first kappa shape index (κ1) is 17.8. The topological polar surface area (TPSA) is 41.6 Å². The maximum Gasteiger partial charge on any atom is 0.238 e. The molecule has 0 radical (unpaired) electrons. The molecule has 1 fully saturated rings. The summed E-state index contributed by atoms with van der Waals surface area (Å²) in [5.74, 6) is 0.899. The lowest BCUT2D eigenvalue weighted by molar-refractivity contribution is -0.117. The Morgan fingerprint density at radius 2 is 2.12 bits per heavy atom. The molecule has 25 heavy (non-hydrogen) atoms. The van der Waals surface area contributed by atoms with Crippen LogP contribution in [0.5, 0.6) is 5.75 Å². The van der Waals surface area contributed by atoms with Crippen molar-refractivity contribution in [1.82, 2.24) is 4.90 Å². The van der Waals surface area contributed by atoms with Gasteiger partial charge in [0.05, 0.1) is 13.7 Å². The highest BCUT2D eigenvalue weighted by molar-refractivity contribution is 7.98. The molecule has 1 aliphatic heterocycles. The molecule has 132 valence electrons. The van der Waals surface area contributed by atoms with Crippen molar-refractivity contribution in [3.05, 3.63) is 54.1 Å². The van der Waals surface area contributed by atoms with Gasteiger partial charge < -0.3 is 10.1 Å². The molecule has 1 aliphatic rings. The second-order valence-electron chi connectivity index (χ2n) is 6.19. The Morgan fingerprint density at radius 3 is 2.92 bits per heavy atom. The number of amides is 1. The molecule has 3 rings (SSSR count). The van der Waals surface area contributed by atoms with Gasteiger partial charge in [-0.2, -0.15) is 0 Å². The average Bonchev–Trinajstić information content (AvgIpc) is 3.09. The molecule has 0 unspecified atom stereocenters. The van der Waals surface area contributed by atoms with Gasteiger partial charge in [-0.05, 0) is 61.5 Å². The first-order chi connectivity index (χ1) is 12.2. The predicted octanol–water partition coefficient (Wildman–Crippen LogP) is 4.19. The van der Waals surface area contributed by atoms with Crippen LogP contribution in [0.2, 0.25) is 0 Å². The molecule has 0 saturated carbocycles. The standard InChI is InChI=1S/C20H24N2O2S/c1-24-17-8-3-6-15(12-17)19-10-5-11-22(19)14-20(23)21-16-7-4-9-18(13-16)25-2/h3-4,6-9,12-13,19H,5,10-11,14H2,1-2H3,(H,21,23)/t19-/m1/s1. The lowest BCUT2D eigenvalue weighted by Crippen LogP contribution is -2.32. The van der Waals surface area contributed by atoms with Crippen LogP contribution in [0.4, 0.5) is 5.69 Å². The van der Waals surface area contributed by atoms with Crippen LogP contribution in [-0.2, 0) is 4.79 Å². The largest absolute Gasteiger partial charge is 0.497 e. The molecule has 4 nitrogen and oxygen atoms in total. The third-order valence-corrected chi connectivity index (χ3v) is 5.27. The molecule has 2 aromatic rings. The van der Waals surface area contributed by atoms with E-state index in [1.807, 2.05) is 42.7 Å². The van der Waals surface area contributed by atoms with Crippen LogP contribution in [-0.4, -0.2) is 37.3 Å². The van der Waals surface area contributed by atoms with Gasteiger partial charge in [-0.15, -0.1) is 11.8 Å². The first-order valence-corrected chi connectivity index (χ1v) is 9.74. The van der Waals surface area contributed by atoms with E-state index in [1.165, 1.54) is 5.56 Å². The molecule has 0 aliphatic carbocycles. The van der Waals surface area contributed by atoms with Crippen molar-refractivity contribution >= 4 is 23.4 Å². The van der Waals surface area contributed by atoms with Gasteiger partial charge in [0.2, 0.25) is 5.91 Å². The Hall–Kier alpha value is -1.98. The van der Waals surface area contributed by atoms with Crippen LogP contribution in [0.3, 0.4) is 0 Å². The fourth-order valence-corrected chi connectivity index (χ4v) is 3.79. The summed E-state index contributed by atoms with van der Waals surface area (Å²) < 4.78 is 5.33. The van der Waals surface area contributed by atoms with E-state index in [2.05, 4.69) is 22.3 Å². The molecule has 0 bridgehead atoms. The number of anilines is 1. The van der Waals surface area contributed by atoms with Crippen molar-refractivity contribution in [2.45, 2.75) is 23.8 Å². The van der Waals surface area contributed by atoms with Gasteiger partial charge in [-0.1, -0.05) is 18.2 Å². The van der Waals surface area contributed by atoms with Crippen LogP contribution < -0.4 is 10.1 Å². The minimum Gasteiger partial charge on any atom is -0.497 e. The molecule has 0 aromatic heterocycles. The van der Waals surface area contributed by atoms with E-state index in [0.717, 1.165) is 35.7 Å². The molecule has 5 heteroatoms. The van der Waals surface area contributed by atoms with Gasteiger partial charge in [-0.3, -0.25) is 9.69 Å². The highest BCUT2D eigenvalue weighted by Crippen LogP contribution is 2.33. The van der Waals surface area contributed by atoms with Gasteiger partial charge in [0, 0.05) is 16.6 Å². The normalized spacial score (nSPS) is 17.4. The second-order valence-corrected chi connectivity index (χ2v) is 7.06. The van der Waals surface area contributed by atoms with Gasteiger partial charge >= 0.3 is 0 Å². The Bertz CT molecular complexity index is 735. The number of methoxy groups -OCH3 is 1. The van der Waals surface area contributed by atoms with E-state index in [0.29, 0.717) is 6.54 Å². The van der Waals surface area contributed by atoms with Crippen molar-refractivity contribution in [2.24, 2.45) is 0 Å². The Kier molecular flexibility index (Phi) is 6.00. The zero-order valence-corrected chi connectivity index (χ0v) is 15.5. The molecular weight excluding hydrogens is 332 g/mol. The number of carbonyl (C=O) groups excluding carboxylic acids is 1. The summed E-state index contributed by atoms with van der Waals surface area (Å²) in [4.78, 5) is 15.9. The maximum atomic E-state index is 12.5. The summed E-state index contributed by atoms with van der Waals surface area (Å²) >= 11 is 1.67. The maximum absolute atomic E-state index is 12.5. The lowest BCUT2D eigenvalue weighted by atomic mass is 10.0. The third kappa shape index (κ3) is 4.55. The zero-order valence-electron chi connectivity index (χ0n) is 14.7. The fourth-order valence-electron chi connectivity index (χ4n) is 3.33. The van der Waals surface area contributed by atoms with E-state index in [1.54, 1.807) is 18.9 Å². The smallest absolute Gasteiger partial charge is 0.238 e. The minimum atomic E-state index is 0.0352. The molecular formula is C20H24N2O2S. The van der Waals surface area contributed by atoms with Crippen LogP contribution in [0.15, 0.2) is 53.4 Å². The zero-order chi connectivity index (χ0) is 17.6. The third-order valence-electron chi connectivity index (χ3n) is 4.54. The van der Waals surface area contributed by atoms with Crippen LogP contribution >= 0.6 is 11.8 Å². The minimum absolute atomic E-state index is 0.0352. The summed E-state index contributed by atoms with van der Waals surface area (Å²) in [6.07, 6.45) is 4.21. The van der Waals surface area contributed by atoms with E-state index in [4.69, 9.17) is 4.74 Å². The summed E-state index contributed by atoms with van der Waals surface area (Å²) in [5.41, 5.74) is 2.07. The number of hydrogen-bond acceptors (Lipinski definition) is 4. The second kappa shape index (κ2) is 8.41. The molecule has 1 atom stereocenters. The number of rotatable bonds is 6. The molecule has 1 saturated heterocycles. The van der Waals surface area contributed by atoms with Gasteiger partial charge in [0.15, 0.2) is 0 Å². The van der Waals surface area contributed by atoms with Crippen molar-refractivity contribution in [2.75, 3.05) is 31.8 Å². The fraction of sp³-hybridized carbons (Fsp3) is 0.350. The van der Waals surface area contributed by atoms with Crippen molar-refractivity contribution in [1.29, 1.82) is 0 Å². The SMILES string of the molecule is COc1cccc([C@H]2CCCN2CC(=O)Nc2cccc(SC)c2)c1. The number of thioether (sulfide) groups is 1. The molecule has 1 N–H and O–H groups in total. The van der Waals surface area contributed by atoms with Crippen LogP contribution in [0.25, 0.3) is 0 Å². The summed E-state index contributed by atoms with van der Waals surface area (Å²) in [6, 6.07) is 16.4. The molecule has 0 spiro atoms. The summed E-state index contributed by atoms with van der Waals surface area (Å²) in [6.45, 7) is 1.35. The number of nitrogens with one attached hydrogen (secondary N) is 1.